The van der Waals surface area contributed by atoms with Gasteiger partial charge in [0.25, 0.3) is 0 Å². The van der Waals surface area contributed by atoms with Crippen LogP contribution in [0.5, 0.6) is 5.75 Å². The number of halogens is 1. The summed E-state index contributed by atoms with van der Waals surface area (Å²) in [5.41, 5.74) is 1.14. The van der Waals surface area contributed by atoms with Crippen molar-refractivity contribution in [3.05, 3.63) is 53.8 Å². The lowest BCUT2D eigenvalue weighted by Crippen LogP contribution is -2.32. The number of sulfone groups is 1. The molecule has 0 saturated carbocycles. The number of ether oxygens (including phenoxy) is 1. The molecule has 0 radical (unpaired) electrons. The summed E-state index contributed by atoms with van der Waals surface area (Å²) in [7, 11) is -1.94. The molecular weight excluding hydrogens is 371 g/mol. The Hall–Kier alpha value is -2.45. The van der Waals surface area contributed by atoms with Gasteiger partial charge in [0.2, 0.25) is 5.91 Å². The van der Waals surface area contributed by atoms with E-state index in [1.54, 1.807) is 24.3 Å². The number of nitrogens with zero attached hydrogens (tertiary/aromatic N) is 1. The van der Waals surface area contributed by atoms with Gasteiger partial charge in [0.15, 0.2) is 21.4 Å². The second kappa shape index (κ2) is 8.96. The predicted molar refractivity (Wildman–Crippen MR) is 102 cm³/mol. The van der Waals surface area contributed by atoms with Crippen molar-refractivity contribution in [1.29, 1.82) is 0 Å². The molecule has 0 heterocycles. The third-order valence-corrected chi connectivity index (χ3v) is 5.09. The van der Waals surface area contributed by atoms with E-state index in [1.807, 2.05) is 11.8 Å². The lowest BCUT2D eigenvalue weighted by atomic mass is 10.2. The third kappa shape index (κ3) is 6.04. The molecule has 0 bridgehead atoms. The van der Waals surface area contributed by atoms with E-state index in [9.17, 15) is 17.6 Å². The van der Waals surface area contributed by atoms with Crippen LogP contribution >= 0.6 is 0 Å². The van der Waals surface area contributed by atoms with Crippen molar-refractivity contribution >= 4 is 21.4 Å². The Morgan fingerprint density at radius 2 is 1.96 bits per heavy atom. The second-order valence-corrected chi connectivity index (χ2v) is 8.14. The van der Waals surface area contributed by atoms with Gasteiger partial charge >= 0.3 is 0 Å². The number of carbonyl (C=O) groups is 1. The maximum Gasteiger partial charge on any atom is 0.238 e. The van der Waals surface area contributed by atoms with Crippen molar-refractivity contribution in [2.24, 2.45) is 0 Å². The zero-order valence-corrected chi connectivity index (χ0v) is 16.3. The molecule has 0 aromatic heterocycles. The Balaban J connectivity index is 2.02. The van der Waals surface area contributed by atoms with Crippen molar-refractivity contribution in [2.45, 2.75) is 18.4 Å². The Morgan fingerprint density at radius 1 is 1.22 bits per heavy atom. The number of nitrogens with one attached hydrogen (secondary N) is 1. The van der Waals surface area contributed by atoms with Crippen LogP contribution in [-0.4, -0.2) is 45.7 Å². The Bertz CT molecular complexity index is 916. The van der Waals surface area contributed by atoms with E-state index in [-0.39, 0.29) is 23.1 Å². The van der Waals surface area contributed by atoms with E-state index in [1.165, 1.54) is 25.3 Å². The van der Waals surface area contributed by atoms with E-state index in [4.69, 9.17) is 4.74 Å². The molecule has 0 saturated heterocycles. The van der Waals surface area contributed by atoms with Crippen molar-refractivity contribution < 1.29 is 22.3 Å². The molecule has 0 aliphatic carbocycles. The standard InChI is InChI=1S/C19H23FN2O4S/c1-4-22(12-14-8-9-18(26-2)17(20)10-14)13-19(23)21-15-6-5-7-16(11-15)27(3,24)25/h5-11H,4,12-13H2,1-3H3,(H,21,23). The monoisotopic (exact) mass is 394 g/mol. The summed E-state index contributed by atoms with van der Waals surface area (Å²) < 4.78 is 41.9. The normalized spacial score (nSPS) is 11.4. The van der Waals surface area contributed by atoms with Crippen LogP contribution in [0.4, 0.5) is 10.1 Å². The van der Waals surface area contributed by atoms with Crippen LogP contribution in [0.2, 0.25) is 0 Å². The summed E-state index contributed by atoms with van der Waals surface area (Å²) in [6, 6.07) is 10.8. The average molecular weight is 394 g/mol. The number of amides is 1. The number of methoxy groups -OCH3 is 1. The van der Waals surface area contributed by atoms with Gasteiger partial charge in [-0.15, -0.1) is 0 Å². The molecule has 0 aliphatic rings. The van der Waals surface area contributed by atoms with Gasteiger partial charge < -0.3 is 10.1 Å². The van der Waals surface area contributed by atoms with E-state index in [0.717, 1.165) is 11.8 Å². The predicted octanol–water partition coefficient (Wildman–Crippen LogP) is 2.70. The maximum atomic E-state index is 13.8. The van der Waals surface area contributed by atoms with Gasteiger partial charge in [0.05, 0.1) is 18.6 Å². The van der Waals surface area contributed by atoms with Crippen LogP contribution in [-0.2, 0) is 21.2 Å². The molecule has 0 atom stereocenters. The van der Waals surface area contributed by atoms with Gasteiger partial charge in [-0.05, 0) is 42.4 Å². The summed E-state index contributed by atoms with van der Waals surface area (Å²) in [6.07, 6.45) is 1.11. The zero-order valence-electron chi connectivity index (χ0n) is 15.5. The highest BCUT2D eigenvalue weighted by Crippen LogP contribution is 2.19. The number of likely N-dealkylation sites (N-methyl/N-ethyl adjacent to an activating group) is 1. The fourth-order valence-electron chi connectivity index (χ4n) is 2.55. The SMILES string of the molecule is CCN(CC(=O)Nc1cccc(S(C)(=O)=O)c1)Cc1ccc(OC)c(F)c1. The zero-order chi connectivity index (χ0) is 20.0. The molecule has 2 aromatic carbocycles. The molecule has 146 valence electrons. The molecule has 0 aliphatic heterocycles. The molecule has 1 amide bonds. The van der Waals surface area contributed by atoms with Crippen LogP contribution < -0.4 is 10.1 Å². The minimum Gasteiger partial charge on any atom is -0.494 e. The maximum absolute atomic E-state index is 13.8. The number of hydrogen-bond acceptors (Lipinski definition) is 5. The van der Waals surface area contributed by atoms with Crippen LogP contribution in [0.3, 0.4) is 0 Å². The molecule has 2 rings (SSSR count). The lowest BCUT2D eigenvalue weighted by Gasteiger charge is -2.20. The quantitative estimate of drug-likeness (QED) is 0.745. The number of carbonyl (C=O) groups excluding carboxylic acids is 1. The van der Waals surface area contributed by atoms with Gasteiger partial charge in [-0.3, -0.25) is 9.69 Å². The number of rotatable bonds is 8. The van der Waals surface area contributed by atoms with Crippen molar-refractivity contribution in [1.82, 2.24) is 4.90 Å². The molecule has 0 fully saturated rings. The van der Waals surface area contributed by atoms with Crippen molar-refractivity contribution in [2.75, 3.05) is 31.8 Å². The number of hydrogen-bond donors (Lipinski definition) is 1. The highest BCUT2D eigenvalue weighted by molar-refractivity contribution is 7.90. The smallest absolute Gasteiger partial charge is 0.238 e. The van der Waals surface area contributed by atoms with Gasteiger partial charge in [-0.2, -0.15) is 0 Å². The molecule has 1 N–H and O–H groups in total. The number of benzene rings is 2. The first kappa shape index (κ1) is 20.9. The van der Waals surface area contributed by atoms with E-state index in [0.29, 0.717) is 18.8 Å². The van der Waals surface area contributed by atoms with Gasteiger partial charge in [-0.1, -0.05) is 19.1 Å². The Labute approximate surface area is 158 Å². The first-order valence-electron chi connectivity index (χ1n) is 8.37. The first-order valence-corrected chi connectivity index (χ1v) is 10.3. The fraction of sp³-hybridized carbons (Fsp3) is 0.316. The molecule has 8 heteroatoms. The number of anilines is 1. The molecular formula is C19H23FN2O4S. The summed E-state index contributed by atoms with van der Waals surface area (Å²) in [6.45, 7) is 2.98. The summed E-state index contributed by atoms with van der Waals surface area (Å²) >= 11 is 0. The van der Waals surface area contributed by atoms with Gasteiger partial charge in [0.1, 0.15) is 0 Å². The molecule has 0 unspecified atom stereocenters. The van der Waals surface area contributed by atoms with E-state index < -0.39 is 15.7 Å². The summed E-state index contributed by atoms with van der Waals surface area (Å²) in [5.74, 6) is -0.560. The van der Waals surface area contributed by atoms with Crippen LogP contribution in [0.1, 0.15) is 12.5 Å². The second-order valence-electron chi connectivity index (χ2n) is 6.12. The minimum atomic E-state index is -3.35. The topological polar surface area (TPSA) is 75.7 Å². The summed E-state index contributed by atoms with van der Waals surface area (Å²) in [5, 5.41) is 2.70. The van der Waals surface area contributed by atoms with E-state index >= 15 is 0 Å². The van der Waals surface area contributed by atoms with E-state index in [2.05, 4.69) is 5.32 Å². The highest BCUT2D eigenvalue weighted by atomic mass is 32.2. The molecule has 2 aromatic rings. The third-order valence-electron chi connectivity index (χ3n) is 3.98. The first-order chi connectivity index (χ1) is 12.7. The molecule has 0 spiro atoms. The van der Waals surface area contributed by atoms with Crippen LogP contribution in [0.25, 0.3) is 0 Å². The van der Waals surface area contributed by atoms with Crippen molar-refractivity contribution in [3.63, 3.8) is 0 Å². The van der Waals surface area contributed by atoms with Gasteiger partial charge in [0, 0.05) is 18.5 Å². The molecule has 6 nitrogen and oxygen atoms in total. The fourth-order valence-corrected chi connectivity index (χ4v) is 3.22. The largest absolute Gasteiger partial charge is 0.494 e. The molecule has 27 heavy (non-hydrogen) atoms. The van der Waals surface area contributed by atoms with Crippen molar-refractivity contribution in [3.8, 4) is 5.75 Å². The Morgan fingerprint density at radius 3 is 2.56 bits per heavy atom. The highest BCUT2D eigenvalue weighted by Gasteiger charge is 2.13. The average Bonchev–Trinajstić information content (AvgIpc) is 2.60. The van der Waals surface area contributed by atoms with Crippen LogP contribution in [0.15, 0.2) is 47.4 Å². The van der Waals surface area contributed by atoms with Gasteiger partial charge in [-0.25, -0.2) is 12.8 Å². The Kier molecular flexibility index (Phi) is 6.92. The minimum absolute atomic E-state index is 0.0905. The van der Waals surface area contributed by atoms with Crippen LogP contribution in [0, 0.1) is 5.82 Å². The lowest BCUT2D eigenvalue weighted by molar-refractivity contribution is -0.117. The summed E-state index contributed by atoms with van der Waals surface area (Å²) in [4.78, 5) is 14.3.